The van der Waals surface area contributed by atoms with Crippen LogP contribution in [0, 0.1) is 34.9 Å². The Labute approximate surface area is 691 Å². The van der Waals surface area contributed by atoms with E-state index in [-0.39, 0.29) is 65.1 Å². The number of ether oxygens (including phenoxy) is 7. The highest BCUT2D eigenvalue weighted by Crippen LogP contribution is 2.42. The summed E-state index contributed by atoms with van der Waals surface area (Å²) in [4.78, 5) is 82.5. The summed E-state index contributed by atoms with van der Waals surface area (Å²) in [6.45, 7) is 31.3. The molecular weight excluding hydrogens is 1540 g/mol. The first kappa shape index (κ1) is 89.7. The van der Waals surface area contributed by atoms with Crippen molar-refractivity contribution in [3.8, 4) is 67.9 Å². The number of carbonyl (C=O) groups is 6. The largest absolute Gasteiger partial charge is 0.478 e. The van der Waals surface area contributed by atoms with Crippen LogP contribution in [0.4, 0.5) is 40.7 Å². The third-order valence-electron chi connectivity index (χ3n) is 20.0. The molecule has 27 heteroatoms. The predicted molar refractivity (Wildman–Crippen MR) is 441 cm³/mol. The lowest BCUT2D eigenvalue weighted by molar-refractivity contribution is 0.0162. The molecule has 119 heavy (non-hydrogen) atoms. The SMILES string of the molecule is CCc1c(C(=O)NC(C)(C)C)c(-c2ccc(Oc3c(F)cccc3F)cc2)cn1[C@@H]1CCCN(C(=O)OC(C)(C)C)C1.CCc1c(C(=O)O)c(-c2ccc(Oc3c(F)cccc3F)cc2)cn1[C@@H]1CCCN(C(=O)OC(C)(C)C)C1.CCc1c(C(=O)OC)c(-c2ccc(Oc3c(F)cccc3F)cc2)cn1[C@@H]1CCCN(C(=O)OC(C)(C)C)C1. The first-order valence-electron chi connectivity index (χ1n) is 40.1. The van der Waals surface area contributed by atoms with Gasteiger partial charge in [-0.2, -0.15) is 0 Å². The van der Waals surface area contributed by atoms with Crippen molar-refractivity contribution in [3.63, 3.8) is 0 Å². The normalized spacial score (nSPS) is 15.8. The molecule has 0 aliphatic carbocycles. The zero-order chi connectivity index (χ0) is 86.8. The summed E-state index contributed by atoms with van der Waals surface area (Å²) in [5.74, 6) is -7.27. The Morgan fingerprint density at radius 3 is 0.933 bits per heavy atom. The summed E-state index contributed by atoms with van der Waals surface area (Å²) in [5.41, 5.74) is 5.30. The molecule has 3 aliphatic heterocycles. The second-order valence-corrected chi connectivity index (χ2v) is 33.6. The van der Waals surface area contributed by atoms with Gasteiger partial charge < -0.3 is 72.0 Å². The number of amides is 4. The van der Waals surface area contributed by atoms with Gasteiger partial charge in [-0.05, 0) is 230 Å². The van der Waals surface area contributed by atoms with Crippen LogP contribution in [0.25, 0.3) is 33.4 Å². The van der Waals surface area contributed by atoms with Gasteiger partial charge in [0, 0.05) is 97.2 Å². The van der Waals surface area contributed by atoms with E-state index in [1.807, 2.05) is 127 Å². The van der Waals surface area contributed by atoms with Crippen LogP contribution in [0.15, 0.2) is 146 Å². The van der Waals surface area contributed by atoms with Crippen molar-refractivity contribution in [2.24, 2.45) is 0 Å². The summed E-state index contributed by atoms with van der Waals surface area (Å²) >= 11 is 0. The van der Waals surface area contributed by atoms with Gasteiger partial charge in [-0.15, -0.1) is 0 Å². The second kappa shape index (κ2) is 38.0. The Morgan fingerprint density at radius 1 is 0.403 bits per heavy atom. The molecule has 0 saturated carbocycles. The van der Waals surface area contributed by atoms with Crippen LogP contribution in [0.5, 0.6) is 34.5 Å². The van der Waals surface area contributed by atoms with E-state index in [0.29, 0.717) is 97.6 Å². The molecule has 636 valence electrons. The van der Waals surface area contributed by atoms with E-state index in [0.717, 1.165) is 97.4 Å². The van der Waals surface area contributed by atoms with E-state index in [4.69, 9.17) is 33.2 Å². The maximum absolute atomic E-state index is 14.1. The van der Waals surface area contributed by atoms with Gasteiger partial charge in [0.1, 0.15) is 34.1 Å². The minimum Gasteiger partial charge on any atom is -0.478 e. The number of para-hydroxylation sites is 3. The molecule has 0 bridgehead atoms. The van der Waals surface area contributed by atoms with Crippen LogP contribution in [0.3, 0.4) is 0 Å². The number of hydrogen-bond acceptors (Lipinski definition) is 13. The molecule has 6 aromatic carbocycles. The van der Waals surface area contributed by atoms with Crippen LogP contribution in [-0.2, 0) is 38.2 Å². The molecule has 3 aliphatic rings. The molecule has 4 amide bonds. The Morgan fingerprint density at radius 2 is 0.672 bits per heavy atom. The van der Waals surface area contributed by atoms with Crippen molar-refractivity contribution in [2.75, 3.05) is 46.4 Å². The zero-order valence-electron chi connectivity index (χ0n) is 70.4. The average Bonchev–Trinajstić information content (AvgIpc) is 1.63. The quantitative estimate of drug-likeness (QED) is 0.0463. The zero-order valence-corrected chi connectivity index (χ0v) is 70.4. The first-order valence-corrected chi connectivity index (χ1v) is 40.1. The fraction of sp³-hybridized carbons (Fsp3) is 0.413. The standard InChI is InChI=1S/C33H41F2N3O4.C30H34F2N2O5.C29H32F2N2O5/c1-8-27-28(30(39)36-32(2,3)4)24(20-38(27)22-11-10-18-37(19-22)31(40)42-33(5,6)7)21-14-16-23(17-15-21)41-29-25(34)12-9-13-26(29)35;1-6-25-26(28(35)37-5)22(18-34(25)20-9-8-16-33(17-20)29(36)39-30(2,3)4)19-12-14-21(15-13-19)38-27-23(31)10-7-11-24(27)32;1-5-24-25(27(34)35)21(17-33(24)19-8-7-15-32(16-19)28(36)38-29(2,3)4)18-11-13-20(14-12-18)37-26-22(30)9-6-10-23(26)31/h9,12-17,20,22H,8,10-11,18-19H2,1-7H3,(H,36,39);7,10-15,18,20H,6,8-9,16-17H2,1-5H3;6,9-14,17,19H,5,7-8,15-16H2,1-4H3,(H,34,35)/t22-;20-;19-/m111/s1. The van der Waals surface area contributed by atoms with Gasteiger partial charge in [-0.1, -0.05) is 75.4 Å². The van der Waals surface area contributed by atoms with Gasteiger partial charge >= 0.3 is 30.2 Å². The van der Waals surface area contributed by atoms with Gasteiger partial charge in [0.2, 0.25) is 0 Å². The van der Waals surface area contributed by atoms with Gasteiger partial charge in [0.15, 0.2) is 52.2 Å². The van der Waals surface area contributed by atoms with E-state index < -0.39 is 86.4 Å². The molecule has 3 atom stereocenters. The van der Waals surface area contributed by atoms with Crippen LogP contribution in [0.2, 0.25) is 0 Å². The molecule has 3 saturated heterocycles. The molecule has 6 heterocycles. The third-order valence-corrected chi connectivity index (χ3v) is 20.0. The molecule has 0 spiro atoms. The number of hydrogen-bond donors (Lipinski definition) is 2. The number of rotatable bonds is 18. The number of likely N-dealkylation sites (tertiary alicyclic amines) is 3. The summed E-state index contributed by atoms with van der Waals surface area (Å²) in [6, 6.07) is 30.2. The molecule has 12 rings (SSSR count). The number of methoxy groups -OCH3 is 1. The van der Waals surface area contributed by atoms with Gasteiger partial charge in [-0.25, -0.2) is 50.3 Å². The van der Waals surface area contributed by atoms with Crippen molar-refractivity contribution in [1.82, 2.24) is 33.7 Å². The highest BCUT2D eigenvalue weighted by molar-refractivity contribution is 6.03. The highest BCUT2D eigenvalue weighted by atomic mass is 19.2. The van der Waals surface area contributed by atoms with Crippen molar-refractivity contribution < 1.29 is 93.4 Å². The summed E-state index contributed by atoms with van der Waals surface area (Å²) < 4.78 is 129. The number of carboxylic acids is 1. The Bertz CT molecular complexity index is 5050. The minimum absolute atomic E-state index is 0.0391. The number of carboxylic acid groups (broad SMARTS) is 1. The molecule has 2 N–H and O–H groups in total. The Hall–Kier alpha value is -11.6. The predicted octanol–water partition coefficient (Wildman–Crippen LogP) is 22.1. The highest BCUT2D eigenvalue weighted by Gasteiger charge is 2.37. The summed E-state index contributed by atoms with van der Waals surface area (Å²) in [6.07, 6.45) is 11.1. The lowest BCUT2D eigenvalue weighted by atomic mass is 9.99. The summed E-state index contributed by atoms with van der Waals surface area (Å²) in [5, 5.41) is 13.2. The minimum atomic E-state index is -1.05. The van der Waals surface area contributed by atoms with E-state index in [1.54, 1.807) is 87.5 Å². The molecule has 21 nitrogen and oxygen atoms in total. The topological polar surface area (TPSA) is 224 Å². The van der Waals surface area contributed by atoms with Crippen LogP contribution in [0.1, 0.15) is 209 Å². The molecular formula is C92H107F6N7O14. The number of nitrogens with one attached hydrogen (secondary N) is 1. The molecule has 9 aromatic rings. The number of esters is 1. The third kappa shape index (κ3) is 22.6. The van der Waals surface area contributed by atoms with E-state index in [2.05, 4.69) is 14.5 Å². The lowest BCUT2D eigenvalue weighted by Gasteiger charge is -2.35. The Kier molecular flexibility index (Phi) is 28.6. The number of benzene rings is 6. The van der Waals surface area contributed by atoms with Crippen molar-refractivity contribution in [1.29, 1.82) is 0 Å². The first-order chi connectivity index (χ1) is 56.2. The smallest absolute Gasteiger partial charge is 0.410 e. The second-order valence-electron chi connectivity index (χ2n) is 33.6. The van der Waals surface area contributed by atoms with Crippen molar-refractivity contribution in [2.45, 2.75) is 202 Å². The number of piperidine rings is 3. The number of aromatic carboxylic acids is 1. The van der Waals surface area contributed by atoms with Crippen molar-refractivity contribution in [3.05, 3.63) is 215 Å². The van der Waals surface area contributed by atoms with E-state index in [1.165, 1.54) is 25.3 Å². The summed E-state index contributed by atoms with van der Waals surface area (Å²) in [7, 11) is 1.34. The Balaban J connectivity index is 0.000000188. The fourth-order valence-electron chi connectivity index (χ4n) is 14.9. The van der Waals surface area contributed by atoms with E-state index in [9.17, 15) is 60.2 Å². The van der Waals surface area contributed by atoms with Gasteiger partial charge in [0.25, 0.3) is 5.91 Å². The van der Waals surface area contributed by atoms with Crippen LogP contribution < -0.4 is 19.5 Å². The van der Waals surface area contributed by atoms with Gasteiger partial charge in [0.05, 0.1) is 41.9 Å². The number of halogens is 6. The molecule has 0 unspecified atom stereocenters. The molecule has 3 aromatic heterocycles. The number of nitrogens with zero attached hydrogens (tertiary/aromatic N) is 6. The molecule has 0 radical (unpaired) electrons. The fourth-order valence-corrected chi connectivity index (χ4v) is 14.9. The molecule has 3 fully saturated rings. The van der Waals surface area contributed by atoms with E-state index >= 15 is 0 Å². The lowest BCUT2D eigenvalue weighted by Crippen LogP contribution is -2.43. The monoisotopic (exact) mass is 1650 g/mol. The maximum Gasteiger partial charge on any atom is 0.410 e. The van der Waals surface area contributed by atoms with Gasteiger partial charge in [-0.3, -0.25) is 4.79 Å². The number of aromatic nitrogens is 3. The van der Waals surface area contributed by atoms with Crippen LogP contribution in [-0.4, -0.2) is 138 Å². The van der Waals surface area contributed by atoms with Crippen molar-refractivity contribution >= 4 is 36.1 Å². The van der Waals surface area contributed by atoms with Crippen LogP contribution >= 0.6 is 0 Å². The maximum atomic E-state index is 14.1. The number of carbonyl (C=O) groups excluding carboxylic acids is 5. The average molecular weight is 1650 g/mol.